The van der Waals surface area contributed by atoms with Gasteiger partial charge in [0, 0.05) is 30.2 Å². The maximum Gasteiger partial charge on any atom is 0.241 e. The number of hydrogen-bond donors (Lipinski definition) is 1. The van der Waals surface area contributed by atoms with Gasteiger partial charge in [-0.25, -0.2) is 4.39 Å². The van der Waals surface area contributed by atoms with E-state index in [0.29, 0.717) is 31.3 Å². The predicted octanol–water partition coefficient (Wildman–Crippen LogP) is 4.14. The molecule has 6 nitrogen and oxygen atoms in total. The van der Waals surface area contributed by atoms with E-state index >= 15 is 0 Å². The number of carbonyl (C=O) groups is 1. The van der Waals surface area contributed by atoms with Gasteiger partial charge in [0.25, 0.3) is 0 Å². The second kappa shape index (κ2) is 11.2. The van der Waals surface area contributed by atoms with E-state index in [4.69, 9.17) is 4.52 Å². The van der Waals surface area contributed by atoms with Crippen molar-refractivity contribution in [2.45, 2.75) is 25.1 Å². The fourth-order valence-corrected chi connectivity index (χ4v) is 4.61. The molecule has 32 heavy (non-hydrogen) atoms. The van der Waals surface area contributed by atoms with Gasteiger partial charge in [-0.15, -0.1) is 0 Å². The molecule has 1 aromatic heterocycles. The lowest BCUT2D eigenvalue weighted by Gasteiger charge is -2.30. The summed E-state index contributed by atoms with van der Waals surface area (Å²) in [4.78, 5) is 19.3. The van der Waals surface area contributed by atoms with Crippen molar-refractivity contribution in [2.24, 2.45) is 5.92 Å². The Kier molecular flexibility index (Phi) is 7.90. The van der Waals surface area contributed by atoms with E-state index in [2.05, 4.69) is 20.4 Å². The molecule has 1 fully saturated rings. The summed E-state index contributed by atoms with van der Waals surface area (Å²) >= 11 is 1.73. The second-order valence-electron chi connectivity index (χ2n) is 7.92. The highest BCUT2D eigenvalue weighted by molar-refractivity contribution is 7.98. The number of likely N-dealkylation sites (tertiary alicyclic amines) is 1. The monoisotopic (exact) mass is 454 g/mol. The number of halogens is 1. The number of piperidine rings is 1. The van der Waals surface area contributed by atoms with Crippen LogP contribution in [0.1, 0.15) is 24.3 Å². The smallest absolute Gasteiger partial charge is 0.241 e. The molecular formula is C24H27FN4O2S. The molecule has 4 rings (SSSR count). The standard InChI is InChI=1S/C24H27FN4O2S/c25-21-10-8-18(9-11-21)17-32-14-12-26-24(30)20-7-4-13-29(15-20)16-22-27-23(28-31-22)19-5-2-1-3-6-19/h1-3,5-6,8-11,20H,4,7,12-17H2,(H,26,30). The van der Waals surface area contributed by atoms with Gasteiger partial charge < -0.3 is 9.84 Å². The Bertz CT molecular complexity index is 997. The molecule has 3 aromatic rings. The molecular weight excluding hydrogens is 427 g/mol. The Balaban J connectivity index is 1.18. The molecule has 0 radical (unpaired) electrons. The van der Waals surface area contributed by atoms with E-state index in [1.165, 1.54) is 12.1 Å². The van der Waals surface area contributed by atoms with Crippen molar-refractivity contribution in [1.29, 1.82) is 0 Å². The number of rotatable bonds is 9. The molecule has 2 heterocycles. The Labute approximate surface area is 191 Å². The van der Waals surface area contributed by atoms with Crippen LogP contribution in [0.15, 0.2) is 59.1 Å². The van der Waals surface area contributed by atoms with Crippen LogP contribution < -0.4 is 5.32 Å². The van der Waals surface area contributed by atoms with Crippen LogP contribution in [0.4, 0.5) is 4.39 Å². The van der Waals surface area contributed by atoms with Crippen LogP contribution in [0.5, 0.6) is 0 Å². The highest BCUT2D eigenvalue weighted by Crippen LogP contribution is 2.20. The molecule has 0 bridgehead atoms. The number of benzene rings is 2. The van der Waals surface area contributed by atoms with Gasteiger partial charge in [0.05, 0.1) is 12.5 Å². The Hall–Kier alpha value is -2.71. The van der Waals surface area contributed by atoms with E-state index in [1.54, 1.807) is 23.9 Å². The molecule has 8 heteroatoms. The first-order valence-corrected chi connectivity index (χ1v) is 12.0. The van der Waals surface area contributed by atoms with Crippen LogP contribution >= 0.6 is 11.8 Å². The first kappa shape index (κ1) is 22.5. The summed E-state index contributed by atoms with van der Waals surface area (Å²) in [5.74, 6) is 2.65. The maximum atomic E-state index is 12.9. The van der Waals surface area contributed by atoms with E-state index < -0.39 is 0 Å². The zero-order valence-electron chi connectivity index (χ0n) is 17.9. The van der Waals surface area contributed by atoms with E-state index in [-0.39, 0.29) is 17.6 Å². The number of thioether (sulfide) groups is 1. The van der Waals surface area contributed by atoms with Crippen LogP contribution in [-0.4, -0.2) is 46.3 Å². The molecule has 0 saturated carbocycles. The first-order chi connectivity index (χ1) is 15.7. The zero-order valence-corrected chi connectivity index (χ0v) is 18.7. The van der Waals surface area contributed by atoms with Crippen molar-refractivity contribution in [3.05, 3.63) is 71.9 Å². The number of aromatic nitrogens is 2. The Morgan fingerprint density at radius 3 is 2.81 bits per heavy atom. The maximum absolute atomic E-state index is 12.9. The largest absolute Gasteiger partial charge is 0.355 e. The summed E-state index contributed by atoms with van der Waals surface area (Å²) in [5.41, 5.74) is 2.01. The normalized spacial score (nSPS) is 16.7. The van der Waals surface area contributed by atoms with Gasteiger partial charge in [0.1, 0.15) is 5.82 Å². The van der Waals surface area contributed by atoms with Crippen molar-refractivity contribution in [1.82, 2.24) is 20.4 Å². The van der Waals surface area contributed by atoms with E-state index in [9.17, 15) is 9.18 Å². The molecule has 1 atom stereocenters. The third-order valence-corrected chi connectivity index (χ3v) is 6.49. The fourth-order valence-electron chi connectivity index (χ4n) is 3.79. The van der Waals surface area contributed by atoms with E-state index in [0.717, 1.165) is 42.0 Å². The molecule has 1 unspecified atom stereocenters. The molecule has 0 spiro atoms. The molecule has 1 saturated heterocycles. The summed E-state index contributed by atoms with van der Waals surface area (Å²) < 4.78 is 18.4. The van der Waals surface area contributed by atoms with Crippen molar-refractivity contribution in [3.63, 3.8) is 0 Å². The Morgan fingerprint density at radius 2 is 2.00 bits per heavy atom. The van der Waals surface area contributed by atoms with Crippen LogP contribution in [0.2, 0.25) is 0 Å². The van der Waals surface area contributed by atoms with Gasteiger partial charge in [-0.05, 0) is 37.1 Å². The summed E-state index contributed by atoms with van der Waals surface area (Å²) in [6.45, 7) is 2.79. The lowest BCUT2D eigenvalue weighted by atomic mass is 9.97. The van der Waals surface area contributed by atoms with Gasteiger partial charge in [-0.1, -0.05) is 47.6 Å². The van der Waals surface area contributed by atoms with Crippen LogP contribution in [0, 0.1) is 11.7 Å². The number of carbonyl (C=O) groups excluding carboxylic acids is 1. The van der Waals surface area contributed by atoms with Crippen molar-refractivity contribution in [3.8, 4) is 11.4 Å². The number of nitrogens with zero attached hydrogens (tertiary/aromatic N) is 3. The van der Waals surface area contributed by atoms with Crippen LogP contribution in [0.3, 0.4) is 0 Å². The molecule has 1 aliphatic heterocycles. The van der Waals surface area contributed by atoms with Gasteiger partial charge in [0.15, 0.2) is 0 Å². The van der Waals surface area contributed by atoms with Gasteiger partial charge in [-0.2, -0.15) is 16.7 Å². The topological polar surface area (TPSA) is 71.3 Å². The lowest BCUT2D eigenvalue weighted by Crippen LogP contribution is -2.43. The number of nitrogens with one attached hydrogen (secondary N) is 1. The fraction of sp³-hybridized carbons (Fsp3) is 0.375. The summed E-state index contributed by atoms with van der Waals surface area (Å²) in [7, 11) is 0. The minimum absolute atomic E-state index is 0.0256. The quantitative estimate of drug-likeness (QED) is 0.490. The SMILES string of the molecule is O=C(NCCSCc1ccc(F)cc1)C1CCCN(Cc2nc(-c3ccccc3)no2)C1. The van der Waals surface area contributed by atoms with Gasteiger partial charge in [0.2, 0.25) is 17.6 Å². The summed E-state index contributed by atoms with van der Waals surface area (Å²) in [6.07, 6.45) is 1.86. The third kappa shape index (κ3) is 6.40. The second-order valence-corrected chi connectivity index (χ2v) is 9.03. The molecule has 1 aliphatic rings. The van der Waals surface area contributed by atoms with Crippen molar-refractivity contribution < 1.29 is 13.7 Å². The zero-order chi connectivity index (χ0) is 22.2. The first-order valence-electron chi connectivity index (χ1n) is 10.9. The highest BCUT2D eigenvalue weighted by Gasteiger charge is 2.26. The average Bonchev–Trinajstić information content (AvgIpc) is 3.29. The van der Waals surface area contributed by atoms with Crippen LogP contribution in [0.25, 0.3) is 11.4 Å². The molecule has 1 amide bonds. The molecule has 168 valence electrons. The lowest BCUT2D eigenvalue weighted by molar-refractivity contribution is -0.126. The molecule has 0 aliphatic carbocycles. The molecule has 2 aromatic carbocycles. The minimum atomic E-state index is -0.219. The van der Waals surface area contributed by atoms with Gasteiger partial charge in [-0.3, -0.25) is 9.69 Å². The average molecular weight is 455 g/mol. The molecule has 1 N–H and O–H groups in total. The number of hydrogen-bond acceptors (Lipinski definition) is 6. The number of amides is 1. The van der Waals surface area contributed by atoms with Crippen molar-refractivity contribution >= 4 is 17.7 Å². The predicted molar refractivity (Wildman–Crippen MR) is 123 cm³/mol. The Morgan fingerprint density at radius 1 is 1.19 bits per heavy atom. The summed E-state index contributed by atoms with van der Waals surface area (Å²) in [5, 5.41) is 7.14. The van der Waals surface area contributed by atoms with E-state index in [1.807, 2.05) is 30.3 Å². The van der Waals surface area contributed by atoms with Crippen LogP contribution in [-0.2, 0) is 17.1 Å². The van der Waals surface area contributed by atoms with Gasteiger partial charge >= 0.3 is 0 Å². The van der Waals surface area contributed by atoms with Crippen molar-refractivity contribution in [2.75, 3.05) is 25.4 Å². The summed E-state index contributed by atoms with van der Waals surface area (Å²) in [6, 6.07) is 16.3. The minimum Gasteiger partial charge on any atom is -0.355 e. The highest BCUT2D eigenvalue weighted by atomic mass is 32.2. The third-order valence-electron chi connectivity index (χ3n) is 5.46.